The predicted molar refractivity (Wildman–Crippen MR) is 83.2 cm³/mol. The van der Waals surface area contributed by atoms with Gasteiger partial charge in [-0.05, 0) is 6.92 Å². The molecule has 0 saturated carbocycles. The van der Waals surface area contributed by atoms with Gasteiger partial charge in [-0.15, -0.1) is 0 Å². The van der Waals surface area contributed by atoms with Gasteiger partial charge in [-0.2, -0.15) is 4.98 Å². The van der Waals surface area contributed by atoms with Gasteiger partial charge in [0.1, 0.15) is 6.10 Å². The lowest BCUT2D eigenvalue weighted by Gasteiger charge is -2.26. The van der Waals surface area contributed by atoms with E-state index in [4.69, 9.17) is 20.3 Å². The number of phosphoric acid groups is 1. The SMILES string of the molecule is CC(O)[C@@H](COP(=O)(O)O)O[C@H](CO)n1cnc2c(=O)[nH]c(N)nc21. The fourth-order valence-electron chi connectivity index (χ4n) is 2.01. The van der Waals surface area contributed by atoms with E-state index in [1.165, 1.54) is 17.8 Å². The van der Waals surface area contributed by atoms with Gasteiger partial charge in [0.2, 0.25) is 5.95 Å². The number of nitrogens with one attached hydrogen (secondary N) is 1. The van der Waals surface area contributed by atoms with Crippen molar-refractivity contribution in [3.63, 3.8) is 0 Å². The topological polar surface area (TPSA) is 206 Å². The molecule has 2 aromatic rings. The summed E-state index contributed by atoms with van der Waals surface area (Å²) in [6.45, 7) is 0.0648. The summed E-state index contributed by atoms with van der Waals surface area (Å²) < 4.78 is 21.8. The van der Waals surface area contributed by atoms with E-state index < -0.39 is 45.0 Å². The third kappa shape index (κ3) is 4.83. The van der Waals surface area contributed by atoms with Crippen molar-refractivity contribution in [2.45, 2.75) is 25.4 Å². The van der Waals surface area contributed by atoms with Crippen molar-refractivity contribution >= 4 is 24.9 Å². The number of H-pyrrole nitrogens is 1. The van der Waals surface area contributed by atoms with Crippen molar-refractivity contribution in [1.82, 2.24) is 19.5 Å². The number of aliphatic hydroxyl groups is 2. The molecule has 2 rings (SSSR count). The molecule has 0 radical (unpaired) electrons. The number of imidazole rings is 1. The molecule has 13 nitrogen and oxygen atoms in total. The third-order valence-electron chi connectivity index (χ3n) is 3.19. The highest BCUT2D eigenvalue weighted by Crippen LogP contribution is 2.36. The molecule has 0 fully saturated rings. The van der Waals surface area contributed by atoms with Crippen molar-refractivity contribution in [2.75, 3.05) is 18.9 Å². The molecule has 1 unspecified atom stereocenters. The van der Waals surface area contributed by atoms with Crippen LogP contribution in [-0.2, 0) is 13.8 Å². The maximum atomic E-state index is 11.8. The summed E-state index contributed by atoms with van der Waals surface area (Å²) in [5.74, 6) is -0.173. The summed E-state index contributed by atoms with van der Waals surface area (Å²) in [5, 5.41) is 19.3. The van der Waals surface area contributed by atoms with Crippen molar-refractivity contribution in [2.24, 2.45) is 0 Å². The standard InChI is InChI=1S/C11H18N5O8P/c1-5(18)6(3-23-25(20,21)22)24-7(2-17)16-4-13-8-9(16)14-11(12)15-10(8)19/h4-7,17-18H,2-3H2,1H3,(H2,20,21,22)(H3,12,14,15,19)/t5?,6-,7-/m1/s1. The van der Waals surface area contributed by atoms with Crippen LogP contribution in [-0.4, -0.2) is 64.9 Å². The summed E-state index contributed by atoms with van der Waals surface area (Å²) in [5.41, 5.74) is 4.88. The van der Waals surface area contributed by atoms with Crippen molar-refractivity contribution in [3.8, 4) is 0 Å². The Kier molecular flexibility index (Phi) is 5.90. The molecule has 25 heavy (non-hydrogen) atoms. The van der Waals surface area contributed by atoms with Gasteiger partial charge in [0.15, 0.2) is 17.4 Å². The average Bonchev–Trinajstić information content (AvgIpc) is 2.90. The van der Waals surface area contributed by atoms with E-state index in [0.29, 0.717) is 0 Å². The monoisotopic (exact) mass is 379 g/mol. The summed E-state index contributed by atoms with van der Waals surface area (Å²) in [4.78, 5) is 39.3. The molecule has 140 valence electrons. The molecule has 0 spiro atoms. The normalized spacial score (nSPS) is 16.0. The van der Waals surface area contributed by atoms with Gasteiger partial charge in [0.05, 0.1) is 25.6 Å². The summed E-state index contributed by atoms with van der Waals surface area (Å²) in [7, 11) is -4.77. The maximum Gasteiger partial charge on any atom is 0.469 e. The molecule has 0 aromatic carbocycles. The number of fused-ring (bicyclic) bond motifs is 1. The first-order valence-corrected chi connectivity index (χ1v) is 8.52. The third-order valence-corrected chi connectivity index (χ3v) is 3.68. The molecule has 7 N–H and O–H groups in total. The van der Waals surface area contributed by atoms with Crippen LogP contribution in [0.5, 0.6) is 0 Å². The number of aromatic amines is 1. The fraction of sp³-hybridized carbons (Fsp3) is 0.545. The molecule has 0 bridgehead atoms. The number of nitrogen functional groups attached to an aromatic ring is 1. The predicted octanol–water partition coefficient (Wildman–Crippen LogP) is -1.93. The highest BCUT2D eigenvalue weighted by Gasteiger charge is 2.27. The molecule has 0 aliphatic rings. The van der Waals surface area contributed by atoms with E-state index in [1.54, 1.807) is 0 Å². The summed E-state index contributed by atoms with van der Waals surface area (Å²) >= 11 is 0. The number of nitrogens with zero attached hydrogens (tertiary/aromatic N) is 3. The van der Waals surface area contributed by atoms with E-state index >= 15 is 0 Å². The van der Waals surface area contributed by atoms with Crippen LogP contribution in [0.1, 0.15) is 13.2 Å². The number of hydrogen-bond donors (Lipinski definition) is 6. The number of rotatable bonds is 8. The lowest BCUT2D eigenvalue weighted by molar-refractivity contribution is -0.130. The summed E-state index contributed by atoms with van der Waals surface area (Å²) in [6.07, 6.45) is -2.37. The van der Waals surface area contributed by atoms with Crippen LogP contribution in [0.4, 0.5) is 5.95 Å². The Labute approximate surface area is 140 Å². The quantitative estimate of drug-likeness (QED) is 0.278. The molecule has 2 heterocycles. The first-order chi connectivity index (χ1) is 11.6. The van der Waals surface area contributed by atoms with Gasteiger partial charge < -0.3 is 30.5 Å². The number of anilines is 1. The zero-order chi connectivity index (χ0) is 18.8. The van der Waals surface area contributed by atoms with Crippen molar-refractivity contribution in [1.29, 1.82) is 0 Å². The largest absolute Gasteiger partial charge is 0.469 e. The van der Waals surface area contributed by atoms with Gasteiger partial charge in [0, 0.05) is 0 Å². The van der Waals surface area contributed by atoms with E-state index in [1.807, 2.05) is 0 Å². The lowest BCUT2D eigenvalue weighted by atomic mass is 10.2. The van der Waals surface area contributed by atoms with Crippen LogP contribution in [0, 0.1) is 0 Å². The molecule has 0 aliphatic carbocycles. The van der Waals surface area contributed by atoms with E-state index in [2.05, 4.69) is 19.5 Å². The first kappa shape index (κ1) is 19.5. The molecule has 0 saturated heterocycles. The van der Waals surface area contributed by atoms with E-state index in [-0.39, 0.29) is 17.1 Å². The molecule has 14 heteroatoms. The van der Waals surface area contributed by atoms with Gasteiger partial charge in [-0.1, -0.05) is 0 Å². The molecule has 2 aromatic heterocycles. The summed E-state index contributed by atoms with van der Waals surface area (Å²) in [6, 6.07) is 0. The van der Waals surface area contributed by atoms with Crippen LogP contribution in [0.3, 0.4) is 0 Å². The maximum absolute atomic E-state index is 11.8. The second kappa shape index (κ2) is 7.58. The van der Waals surface area contributed by atoms with Gasteiger partial charge >= 0.3 is 7.82 Å². The zero-order valence-corrected chi connectivity index (χ0v) is 13.9. The Morgan fingerprint density at radius 1 is 1.48 bits per heavy atom. The number of hydrogen-bond acceptors (Lipinski definition) is 9. The number of nitrogens with two attached hydrogens (primary N) is 1. The van der Waals surface area contributed by atoms with Gasteiger partial charge in [0.25, 0.3) is 5.56 Å². The van der Waals surface area contributed by atoms with E-state index in [9.17, 15) is 19.6 Å². The minimum atomic E-state index is -4.77. The first-order valence-electron chi connectivity index (χ1n) is 6.99. The fourth-order valence-corrected chi connectivity index (χ4v) is 2.36. The molecule has 0 aliphatic heterocycles. The van der Waals surface area contributed by atoms with Crippen LogP contribution in [0.25, 0.3) is 11.2 Å². The smallest absolute Gasteiger partial charge is 0.392 e. The van der Waals surface area contributed by atoms with Crippen molar-refractivity contribution < 1.29 is 33.8 Å². The van der Waals surface area contributed by atoms with Crippen molar-refractivity contribution in [3.05, 3.63) is 16.7 Å². The Bertz CT molecular complexity index is 829. The second-order valence-corrected chi connectivity index (χ2v) is 6.35. The number of ether oxygens (including phenoxy) is 1. The molecular formula is C11H18N5O8P. The van der Waals surface area contributed by atoms with Crippen LogP contribution < -0.4 is 11.3 Å². The average molecular weight is 379 g/mol. The van der Waals surface area contributed by atoms with Crippen LogP contribution in [0.2, 0.25) is 0 Å². The second-order valence-electron chi connectivity index (χ2n) is 5.11. The molecule has 0 amide bonds. The molecular weight excluding hydrogens is 361 g/mol. The highest BCUT2D eigenvalue weighted by molar-refractivity contribution is 7.46. The number of aliphatic hydroxyl groups excluding tert-OH is 2. The van der Waals surface area contributed by atoms with E-state index in [0.717, 1.165) is 0 Å². The van der Waals surface area contributed by atoms with Crippen LogP contribution >= 0.6 is 7.82 Å². The number of aromatic nitrogens is 4. The van der Waals surface area contributed by atoms with Gasteiger partial charge in [-0.25, -0.2) is 9.55 Å². The Hall–Kier alpha value is -1.86. The minimum absolute atomic E-state index is 0.0283. The molecule has 3 atom stereocenters. The Morgan fingerprint density at radius 3 is 2.72 bits per heavy atom. The zero-order valence-electron chi connectivity index (χ0n) is 13.0. The lowest BCUT2D eigenvalue weighted by Crippen LogP contribution is -2.35. The van der Waals surface area contributed by atoms with Crippen LogP contribution in [0.15, 0.2) is 11.1 Å². The highest BCUT2D eigenvalue weighted by atomic mass is 31.2. The Morgan fingerprint density at radius 2 is 2.16 bits per heavy atom. The minimum Gasteiger partial charge on any atom is -0.392 e. The van der Waals surface area contributed by atoms with Gasteiger partial charge in [-0.3, -0.25) is 18.9 Å². The number of phosphoric ester groups is 1. The Balaban J connectivity index is 2.29.